The van der Waals surface area contributed by atoms with Crippen molar-refractivity contribution in [2.45, 2.75) is 13.2 Å². The summed E-state index contributed by atoms with van der Waals surface area (Å²) in [6.07, 6.45) is 0.896. The lowest BCUT2D eigenvalue weighted by atomic mass is 10.4. The van der Waals surface area contributed by atoms with Crippen molar-refractivity contribution in [2.75, 3.05) is 34.3 Å². The topological polar surface area (TPSA) is 79.7 Å². The second-order valence-corrected chi connectivity index (χ2v) is 5.92. The van der Waals surface area contributed by atoms with Crippen LogP contribution in [0.25, 0.3) is 0 Å². The SMILES string of the molecule is CN/C(=C\[N+](=O)[O-])NCCOCc1ccc(CN(C)C)s1. The van der Waals surface area contributed by atoms with Crippen LogP contribution in [0.2, 0.25) is 0 Å². The highest BCUT2D eigenvalue weighted by Gasteiger charge is 2.02. The largest absolute Gasteiger partial charge is 0.374 e. The molecule has 0 fully saturated rings. The van der Waals surface area contributed by atoms with E-state index in [-0.39, 0.29) is 0 Å². The summed E-state index contributed by atoms with van der Waals surface area (Å²) in [5.74, 6) is 0.369. The van der Waals surface area contributed by atoms with E-state index in [2.05, 4.69) is 27.7 Å². The summed E-state index contributed by atoms with van der Waals surface area (Å²) in [4.78, 5) is 14.5. The van der Waals surface area contributed by atoms with Crippen molar-refractivity contribution in [3.63, 3.8) is 0 Å². The van der Waals surface area contributed by atoms with E-state index >= 15 is 0 Å². The van der Waals surface area contributed by atoms with Crippen LogP contribution >= 0.6 is 11.3 Å². The van der Waals surface area contributed by atoms with E-state index in [1.165, 1.54) is 9.75 Å². The Labute approximate surface area is 128 Å². The second-order valence-electron chi connectivity index (χ2n) is 4.66. The van der Waals surface area contributed by atoms with Crippen LogP contribution in [-0.4, -0.2) is 44.1 Å². The van der Waals surface area contributed by atoms with Gasteiger partial charge >= 0.3 is 0 Å². The van der Waals surface area contributed by atoms with Gasteiger partial charge in [-0.05, 0) is 26.2 Å². The Bertz CT molecular complexity index is 474. The molecule has 0 saturated carbocycles. The van der Waals surface area contributed by atoms with Gasteiger partial charge in [0.25, 0.3) is 6.20 Å². The summed E-state index contributed by atoms with van der Waals surface area (Å²) < 4.78 is 5.55. The zero-order chi connectivity index (χ0) is 15.7. The molecule has 0 aromatic carbocycles. The number of nitrogens with one attached hydrogen (secondary N) is 2. The Hall–Kier alpha value is -1.64. The molecule has 0 aliphatic carbocycles. The molecule has 0 aliphatic heterocycles. The Kier molecular flexibility index (Phi) is 7.73. The van der Waals surface area contributed by atoms with Gasteiger partial charge in [-0.2, -0.15) is 0 Å². The van der Waals surface area contributed by atoms with Gasteiger partial charge < -0.3 is 20.3 Å². The molecule has 1 rings (SSSR count). The maximum absolute atomic E-state index is 10.3. The van der Waals surface area contributed by atoms with Crippen molar-refractivity contribution < 1.29 is 9.66 Å². The summed E-state index contributed by atoms with van der Waals surface area (Å²) in [6.45, 7) is 2.49. The fraction of sp³-hybridized carbons (Fsp3) is 0.538. The summed E-state index contributed by atoms with van der Waals surface area (Å²) in [6, 6.07) is 4.18. The second kappa shape index (κ2) is 9.32. The van der Waals surface area contributed by atoms with Crippen molar-refractivity contribution in [1.82, 2.24) is 15.5 Å². The van der Waals surface area contributed by atoms with Gasteiger partial charge in [0.05, 0.1) is 18.1 Å². The molecular weight excluding hydrogens is 292 g/mol. The van der Waals surface area contributed by atoms with Crippen LogP contribution in [0.1, 0.15) is 9.75 Å². The van der Waals surface area contributed by atoms with Gasteiger partial charge in [0.15, 0.2) is 5.82 Å². The highest BCUT2D eigenvalue weighted by atomic mass is 32.1. The number of thiophene rings is 1. The number of rotatable bonds is 10. The maximum Gasteiger partial charge on any atom is 0.274 e. The molecule has 1 aromatic heterocycles. The fourth-order valence-corrected chi connectivity index (χ4v) is 2.71. The molecule has 0 radical (unpaired) electrons. The van der Waals surface area contributed by atoms with E-state index < -0.39 is 4.92 Å². The normalized spacial score (nSPS) is 11.7. The van der Waals surface area contributed by atoms with E-state index in [0.717, 1.165) is 12.7 Å². The van der Waals surface area contributed by atoms with Crippen molar-refractivity contribution in [2.24, 2.45) is 0 Å². The molecule has 2 N–H and O–H groups in total. The van der Waals surface area contributed by atoms with Crippen molar-refractivity contribution in [3.05, 3.63) is 44.0 Å². The molecular formula is C13H22N4O3S. The quantitative estimate of drug-likeness (QED) is 0.384. The zero-order valence-corrected chi connectivity index (χ0v) is 13.4. The first kappa shape index (κ1) is 17.4. The molecule has 0 unspecified atom stereocenters. The van der Waals surface area contributed by atoms with Gasteiger partial charge in [-0.25, -0.2) is 0 Å². The van der Waals surface area contributed by atoms with Gasteiger partial charge in [0.1, 0.15) is 0 Å². The van der Waals surface area contributed by atoms with Crippen LogP contribution in [0.5, 0.6) is 0 Å². The first-order valence-corrected chi connectivity index (χ1v) is 7.40. The van der Waals surface area contributed by atoms with Crippen molar-refractivity contribution in [3.8, 4) is 0 Å². The summed E-state index contributed by atoms with van der Waals surface area (Å²) in [5.41, 5.74) is 0. The average Bonchev–Trinajstić information content (AvgIpc) is 2.83. The van der Waals surface area contributed by atoms with Gasteiger partial charge in [0, 0.05) is 29.9 Å². The van der Waals surface area contributed by atoms with Gasteiger partial charge in [0.2, 0.25) is 0 Å². The summed E-state index contributed by atoms with van der Waals surface area (Å²) in [5, 5.41) is 15.9. The highest BCUT2D eigenvalue weighted by Crippen LogP contribution is 2.18. The van der Waals surface area contributed by atoms with Gasteiger partial charge in [-0.15, -0.1) is 11.3 Å². The number of ether oxygens (including phenoxy) is 1. The third-order valence-corrected chi connectivity index (χ3v) is 3.54. The Morgan fingerprint density at radius 2 is 2.19 bits per heavy atom. The molecule has 21 heavy (non-hydrogen) atoms. The van der Waals surface area contributed by atoms with Crippen LogP contribution in [0.15, 0.2) is 24.2 Å². The third-order valence-electron chi connectivity index (χ3n) is 2.50. The molecule has 1 aromatic rings. The van der Waals surface area contributed by atoms with E-state index in [1.807, 2.05) is 14.1 Å². The lowest BCUT2D eigenvalue weighted by molar-refractivity contribution is -0.404. The number of hydrogen-bond donors (Lipinski definition) is 2. The number of nitrogens with zero attached hydrogens (tertiary/aromatic N) is 2. The lowest BCUT2D eigenvalue weighted by Crippen LogP contribution is -2.27. The minimum absolute atomic E-state index is 0.369. The number of hydrogen-bond acceptors (Lipinski definition) is 7. The molecule has 0 amide bonds. The molecule has 0 aliphatic rings. The predicted molar refractivity (Wildman–Crippen MR) is 83.5 cm³/mol. The highest BCUT2D eigenvalue weighted by molar-refractivity contribution is 7.11. The van der Waals surface area contributed by atoms with Crippen LogP contribution in [0, 0.1) is 10.1 Å². The first-order chi connectivity index (χ1) is 10.0. The van der Waals surface area contributed by atoms with E-state index in [1.54, 1.807) is 18.4 Å². The van der Waals surface area contributed by atoms with E-state index in [9.17, 15) is 10.1 Å². The Morgan fingerprint density at radius 1 is 1.48 bits per heavy atom. The van der Waals surface area contributed by atoms with Gasteiger partial charge in [-0.1, -0.05) is 0 Å². The fourth-order valence-electron chi connectivity index (χ4n) is 1.63. The van der Waals surface area contributed by atoms with Crippen molar-refractivity contribution in [1.29, 1.82) is 0 Å². The van der Waals surface area contributed by atoms with Crippen LogP contribution in [0.4, 0.5) is 0 Å². The maximum atomic E-state index is 10.3. The molecule has 118 valence electrons. The van der Waals surface area contributed by atoms with Crippen molar-refractivity contribution >= 4 is 11.3 Å². The Morgan fingerprint density at radius 3 is 2.81 bits per heavy atom. The third kappa shape index (κ3) is 7.64. The van der Waals surface area contributed by atoms with Crippen LogP contribution in [0.3, 0.4) is 0 Å². The molecule has 1 heterocycles. The van der Waals surface area contributed by atoms with E-state index in [4.69, 9.17) is 4.74 Å². The van der Waals surface area contributed by atoms with Crippen LogP contribution < -0.4 is 10.6 Å². The molecule has 0 atom stereocenters. The Balaban J connectivity index is 2.22. The minimum Gasteiger partial charge on any atom is -0.374 e. The standard InChI is InChI=1S/C13H22N4O3S/c1-14-13(9-17(18)19)15-6-7-20-10-12-5-4-11(21-12)8-16(2)3/h4-5,9,14-15H,6-8,10H2,1-3H3/b13-9+. The molecule has 0 spiro atoms. The molecule has 0 saturated heterocycles. The monoisotopic (exact) mass is 314 g/mol. The average molecular weight is 314 g/mol. The predicted octanol–water partition coefficient (Wildman–Crippen LogP) is 1.21. The first-order valence-electron chi connectivity index (χ1n) is 6.58. The minimum atomic E-state index is -0.502. The van der Waals surface area contributed by atoms with Crippen LogP contribution in [-0.2, 0) is 17.9 Å². The smallest absolute Gasteiger partial charge is 0.274 e. The molecule has 7 nitrogen and oxygen atoms in total. The zero-order valence-electron chi connectivity index (χ0n) is 12.6. The summed E-state index contributed by atoms with van der Waals surface area (Å²) in [7, 11) is 5.71. The molecule has 0 bridgehead atoms. The van der Waals surface area contributed by atoms with E-state index in [0.29, 0.717) is 25.6 Å². The molecule has 8 heteroatoms. The summed E-state index contributed by atoms with van der Waals surface area (Å²) >= 11 is 1.74. The van der Waals surface area contributed by atoms with Gasteiger partial charge in [-0.3, -0.25) is 10.1 Å². The number of nitro groups is 1. The lowest BCUT2D eigenvalue weighted by Gasteiger charge is -2.08.